The van der Waals surface area contributed by atoms with Gasteiger partial charge in [-0.3, -0.25) is 14.1 Å². The first-order valence-corrected chi connectivity index (χ1v) is 13.8. The van der Waals surface area contributed by atoms with Gasteiger partial charge in [0.05, 0.1) is 12.2 Å². The summed E-state index contributed by atoms with van der Waals surface area (Å²) in [6.45, 7) is 9.08. The second-order valence-electron chi connectivity index (χ2n) is 10.2. The highest BCUT2D eigenvalue weighted by Gasteiger charge is 2.20. The number of aromatic nitrogens is 8. The summed E-state index contributed by atoms with van der Waals surface area (Å²) >= 11 is 0. The maximum atomic E-state index is 13.9. The Labute approximate surface area is 228 Å². The number of H-pyrrole nitrogens is 1. The van der Waals surface area contributed by atoms with Crippen molar-refractivity contribution in [3.63, 3.8) is 0 Å². The van der Waals surface area contributed by atoms with Crippen molar-refractivity contribution in [1.29, 1.82) is 0 Å². The second kappa shape index (κ2) is 11.6. The third-order valence-electron chi connectivity index (χ3n) is 7.10. The average Bonchev–Trinajstić information content (AvgIpc) is 3.69. The molecule has 9 heteroatoms. The molecule has 39 heavy (non-hydrogen) atoms. The Balaban J connectivity index is 1.50. The first-order valence-electron chi connectivity index (χ1n) is 13.8. The van der Waals surface area contributed by atoms with Crippen molar-refractivity contribution in [2.75, 3.05) is 0 Å². The zero-order chi connectivity index (χ0) is 27.4. The molecule has 1 aromatic carbocycles. The molecule has 0 aliphatic carbocycles. The Morgan fingerprint density at radius 2 is 1.79 bits per heavy atom. The minimum absolute atomic E-state index is 0.0203. The summed E-state index contributed by atoms with van der Waals surface area (Å²) < 4.78 is 5.94. The van der Waals surface area contributed by atoms with Gasteiger partial charge in [-0.2, -0.15) is 0 Å². The SMILES string of the molecule is CCCCc1cn(-c2c(CCC)ccn2C(C)C)c(=O)n1Cc1ccc(-c2ccccc2-c2nnn[nH]2)cn1. The van der Waals surface area contributed by atoms with E-state index in [0.717, 1.165) is 66.0 Å². The van der Waals surface area contributed by atoms with E-state index in [1.165, 1.54) is 5.56 Å². The lowest BCUT2D eigenvalue weighted by Crippen LogP contribution is -2.27. The molecule has 9 nitrogen and oxygen atoms in total. The van der Waals surface area contributed by atoms with E-state index >= 15 is 0 Å². The van der Waals surface area contributed by atoms with Crippen LogP contribution in [0.25, 0.3) is 28.3 Å². The van der Waals surface area contributed by atoms with Crippen LogP contribution >= 0.6 is 0 Å². The zero-order valence-corrected chi connectivity index (χ0v) is 23.1. The standard InChI is InChI=1S/C30H36N8O/c1-5-7-11-25-20-38(29-22(10-6-2)16-17-36(29)21(3)4)30(39)37(25)19-24-15-14-23(18-31-24)26-12-8-9-13-27(26)28-32-34-35-33-28/h8-9,12-18,20-21H,5-7,10-11,19H2,1-4H3,(H,32,33,34,35). The van der Waals surface area contributed by atoms with Gasteiger partial charge in [-0.05, 0) is 66.8 Å². The number of unbranched alkanes of at least 4 members (excludes halogenated alkanes) is 1. The lowest BCUT2D eigenvalue weighted by molar-refractivity contribution is 0.580. The minimum atomic E-state index is -0.0203. The maximum Gasteiger partial charge on any atom is 0.334 e. The van der Waals surface area contributed by atoms with Crippen molar-refractivity contribution in [2.24, 2.45) is 0 Å². The topological polar surface area (TPSA) is 99.2 Å². The molecule has 4 heterocycles. The fourth-order valence-electron chi connectivity index (χ4n) is 5.10. The van der Waals surface area contributed by atoms with Crippen molar-refractivity contribution in [1.82, 2.24) is 39.3 Å². The number of aromatic amines is 1. The summed E-state index contributed by atoms with van der Waals surface area (Å²) in [7, 11) is 0. The van der Waals surface area contributed by atoms with Crippen LogP contribution in [0, 0.1) is 0 Å². The predicted molar refractivity (Wildman–Crippen MR) is 153 cm³/mol. The summed E-state index contributed by atoms with van der Waals surface area (Å²) in [6, 6.07) is 14.4. The van der Waals surface area contributed by atoms with Gasteiger partial charge < -0.3 is 4.57 Å². The molecular weight excluding hydrogens is 488 g/mol. The Morgan fingerprint density at radius 1 is 0.974 bits per heavy atom. The number of imidazole rings is 1. The Bertz CT molecular complexity index is 1570. The van der Waals surface area contributed by atoms with Crippen LogP contribution in [0.1, 0.15) is 70.0 Å². The maximum absolute atomic E-state index is 13.9. The number of rotatable bonds is 11. The lowest BCUT2D eigenvalue weighted by atomic mass is 10.0. The number of nitrogens with zero attached hydrogens (tertiary/aromatic N) is 7. The highest BCUT2D eigenvalue weighted by atomic mass is 16.1. The molecule has 1 N–H and O–H groups in total. The third kappa shape index (κ3) is 5.34. The van der Waals surface area contributed by atoms with Crippen LogP contribution in [0.2, 0.25) is 0 Å². The van der Waals surface area contributed by atoms with Crippen LogP contribution in [0.15, 0.2) is 65.8 Å². The van der Waals surface area contributed by atoms with Gasteiger partial charge in [0.2, 0.25) is 0 Å². The van der Waals surface area contributed by atoms with Crippen LogP contribution in [-0.4, -0.2) is 39.3 Å². The first kappa shape index (κ1) is 26.3. The number of benzene rings is 1. The van der Waals surface area contributed by atoms with Crippen LogP contribution < -0.4 is 5.69 Å². The molecule has 5 aromatic rings. The number of hydrogen-bond acceptors (Lipinski definition) is 5. The lowest BCUT2D eigenvalue weighted by Gasteiger charge is -2.15. The number of nitrogens with one attached hydrogen (secondary N) is 1. The summed E-state index contributed by atoms with van der Waals surface area (Å²) in [4.78, 5) is 18.7. The molecule has 0 amide bonds. The van der Waals surface area contributed by atoms with Crippen molar-refractivity contribution in [2.45, 2.75) is 72.4 Å². The van der Waals surface area contributed by atoms with Crippen LogP contribution in [0.5, 0.6) is 0 Å². The Hall–Kier alpha value is -4.27. The van der Waals surface area contributed by atoms with Gasteiger partial charge in [-0.1, -0.05) is 57.0 Å². The minimum Gasteiger partial charge on any atom is -0.331 e. The number of tetrazole rings is 1. The molecule has 0 unspecified atom stereocenters. The van der Waals surface area contributed by atoms with Gasteiger partial charge in [0.15, 0.2) is 5.82 Å². The molecule has 0 aliphatic heterocycles. The molecule has 0 fully saturated rings. The van der Waals surface area contributed by atoms with E-state index in [-0.39, 0.29) is 11.7 Å². The van der Waals surface area contributed by atoms with Gasteiger partial charge in [0, 0.05) is 41.5 Å². The number of aryl methyl sites for hydroxylation is 2. The predicted octanol–water partition coefficient (Wildman–Crippen LogP) is 5.61. The zero-order valence-electron chi connectivity index (χ0n) is 23.1. The van der Waals surface area contributed by atoms with Crippen LogP contribution in [0.3, 0.4) is 0 Å². The highest BCUT2D eigenvalue weighted by Crippen LogP contribution is 2.29. The van der Waals surface area contributed by atoms with Gasteiger partial charge in [0.25, 0.3) is 0 Å². The molecule has 202 valence electrons. The second-order valence-corrected chi connectivity index (χ2v) is 10.2. The molecule has 4 aromatic heterocycles. The molecule has 0 saturated carbocycles. The molecule has 0 saturated heterocycles. The summed E-state index contributed by atoms with van der Waals surface area (Å²) in [5, 5.41) is 14.3. The summed E-state index contributed by atoms with van der Waals surface area (Å²) in [6.07, 6.45) is 10.9. The van der Waals surface area contributed by atoms with Crippen molar-refractivity contribution in [3.8, 4) is 28.3 Å². The summed E-state index contributed by atoms with van der Waals surface area (Å²) in [5.41, 5.74) is 5.91. The molecule has 0 radical (unpaired) electrons. The fourth-order valence-corrected chi connectivity index (χ4v) is 5.10. The molecule has 0 atom stereocenters. The molecular formula is C30H36N8O. The van der Waals surface area contributed by atoms with Crippen LogP contribution in [0.4, 0.5) is 0 Å². The average molecular weight is 525 g/mol. The van der Waals surface area contributed by atoms with E-state index in [9.17, 15) is 4.79 Å². The number of pyridine rings is 1. The van der Waals surface area contributed by atoms with Gasteiger partial charge in [-0.15, -0.1) is 5.10 Å². The van der Waals surface area contributed by atoms with Gasteiger partial charge in [-0.25, -0.2) is 9.89 Å². The Kier molecular flexibility index (Phi) is 7.86. The third-order valence-corrected chi connectivity index (χ3v) is 7.10. The van der Waals surface area contributed by atoms with E-state index in [1.807, 2.05) is 57.9 Å². The fraction of sp³-hybridized carbons (Fsp3) is 0.367. The largest absolute Gasteiger partial charge is 0.334 e. The van der Waals surface area contributed by atoms with Crippen molar-refractivity contribution in [3.05, 3.63) is 88.5 Å². The van der Waals surface area contributed by atoms with E-state index in [1.54, 1.807) is 0 Å². The van der Waals surface area contributed by atoms with Gasteiger partial charge in [0.1, 0.15) is 5.82 Å². The summed E-state index contributed by atoms with van der Waals surface area (Å²) in [5.74, 6) is 1.59. The van der Waals surface area contributed by atoms with Crippen molar-refractivity contribution >= 4 is 0 Å². The first-order chi connectivity index (χ1) is 19.0. The monoisotopic (exact) mass is 524 g/mol. The normalized spacial score (nSPS) is 11.5. The van der Waals surface area contributed by atoms with Gasteiger partial charge >= 0.3 is 5.69 Å². The van der Waals surface area contributed by atoms with E-state index < -0.39 is 0 Å². The van der Waals surface area contributed by atoms with E-state index in [4.69, 9.17) is 4.98 Å². The molecule has 0 aliphatic rings. The number of hydrogen-bond donors (Lipinski definition) is 1. The Morgan fingerprint density at radius 3 is 2.46 bits per heavy atom. The molecule has 0 spiro atoms. The highest BCUT2D eigenvalue weighted by molar-refractivity contribution is 5.79. The van der Waals surface area contributed by atoms with Crippen molar-refractivity contribution < 1.29 is 0 Å². The van der Waals surface area contributed by atoms with E-state index in [2.05, 4.69) is 65.1 Å². The van der Waals surface area contributed by atoms with E-state index in [0.29, 0.717) is 12.4 Å². The van der Waals surface area contributed by atoms with Crippen LogP contribution in [-0.2, 0) is 19.4 Å². The quantitative estimate of drug-likeness (QED) is 0.242. The molecule has 5 rings (SSSR count). The molecule has 0 bridgehead atoms. The smallest absolute Gasteiger partial charge is 0.331 e.